The average Bonchev–Trinajstić information content (AvgIpc) is 3.02. The van der Waals surface area contributed by atoms with Gasteiger partial charge in [0.2, 0.25) is 0 Å². The fourth-order valence-electron chi connectivity index (χ4n) is 3.74. The highest BCUT2D eigenvalue weighted by Crippen LogP contribution is 2.20. The summed E-state index contributed by atoms with van der Waals surface area (Å²) < 4.78 is 66.2. The second kappa shape index (κ2) is 17.4. The van der Waals surface area contributed by atoms with Gasteiger partial charge in [-0.1, -0.05) is 24.3 Å². The van der Waals surface area contributed by atoms with Crippen molar-refractivity contribution in [3.05, 3.63) is 95.1 Å². The maximum atomic E-state index is 13.3. The summed E-state index contributed by atoms with van der Waals surface area (Å²) >= 11 is 0. The van der Waals surface area contributed by atoms with E-state index in [1.807, 2.05) is 0 Å². The van der Waals surface area contributed by atoms with Crippen LogP contribution in [0, 0.1) is 0 Å². The second-order valence-electron chi connectivity index (χ2n) is 9.75. The van der Waals surface area contributed by atoms with Gasteiger partial charge in [-0.2, -0.15) is 30.6 Å². The van der Waals surface area contributed by atoms with Gasteiger partial charge in [0.15, 0.2) is 5.96 Å². The standard InChI is InChI=1S/C27H27N5O10S.C2HF3O2/c28-27(29)31-20-8-6-18(7-9-20)26(39)42-21-10-4-16(5-11-21)14-30-43(40,41)32(22(25(37)38)13-23(33)34)15-17-2-1-3-19(12-17)24(35)36;3-2(4,5)1(6)7/h1-12,22,30H,13-15H2,(H,33,34)(H,35,36)(H,37,38)(H4,28,29,31);(H,6,7)/t22-;/m0./s1. The number of halogens is 3. The van der Waals surface area contributed by atoms with E-state index in [-0.39, 0.29) is 34.9 Å². The van der Waals surface area contributed by atoms with Crippen LogP contribution in [0.2, 0.25) is 0 Å². The molecular weight excluding hydrogens is 699 g/mol. The highest BCUT2D eigenvalue weighted by Gasteiger charge is 2.38. The fraction of sp³-hybridized carbons (Fsp3) is 0.172. The van der Waals surface area contributed by atoms with Gasteiger partial charge in [-0.3, -0.25) is 9.59 Å². The summed E-state index contributed by atoms with van der Waals surface area (Å²) in [5.41, 5.74) is 11.6. The van der Waals surface area contributed by atoms with Crippen molar-refractivity contribution < 1.29 is 70.7 Å². The predicted molar refractivity (Wildman–Crippen MR) is 165 cm³/mol. The zero-order chi connectivity index (χ0) is 37.8. The van der Waals surface area contributed by atoms with Crippen LogP contribution in [0.4, 0.5) is 18.9 Å². The van der Waals surface area contributed by atoms with Crippen LogP contribution in [0.25, 0.3) is 0 Å². The maximum Gasteiger partial charge on any atom is 0.490 e. The van der Waals surface area contributed by atoms with E-state index in [0.717, 1.165) is 6.07 Å². The number of benzene rings is 3. The van der Waals surface area contributed by atoms with Gasteiger partial charge >= 0.3 is 36.0 Å². The molecule has 1 atom stereocenters. The van der Waals surface area contributed by atoms with E-state index >= 15 is 0 Å². The molecule has 0 unspecified atom stereocenters. The summed E-state index contributed by atoms with van der Waals surface area (Å²) in [6.07, 6.45) is -6.13. The number of hydrogen-bond acceptors (Lipinski definition) is 9. The summed E-state index contributed by atoms with van der Waals surface area (Å²) in [6.45, 7) is -0.962. The average molecular weight is 728 g/mol. The molecule has 3 aromatic rings. The molecule has 3 rings (SSSR count). The van der Waals surface area contributed by atoms with Gasteiger partial charge in [0.05, 0.1) is 23.2 Å². The van der Waals surface area contributed by atoms with E-state index in [9.17, 15) is 56.1 Å². The Kier molecular flexibility index (Phi) is 13.9. The molecule has 0 saturated carbocycles. The van der Waals surface area contributed by atoms with Crippen molar-refractivity contribution in [3.8, 4) is 5.75 Å². The number of carboxylic acid groups (broad SMARTS) is 4. The van der Waals surface area contributed by atoms with Crippen LogP contribution < -0.4 is 20.9 Å². The third-order valence-corrected chi connectivity index (χ3v) is 7.53. The topological polar surface area (TPSA) is 289 Å². The molecule has 0 heterocycles. The lowest BCUT2D eigenvalue weighted by molar-refractivity contribution is -0.192. The van der Waals surface area contributed by atoms with Crippen molar-refractivity contribution in [2.45, 2.75) is 31.7 Å². The molecule has 9 N–H and O–H groups in total. The van der Waals surface area contributed by atoms with Crippen molar-refractivity contribution in [2.75, 3.05) is 0 Å². The van der Waals surface area contributed by atoms with Crippen molar-refractivity contribution >= 4 is 51.7 Å². The molecule has 268 valence electrons. The molecule has 0 radical (unpaired) electrons. The lowest BCUT2D eigenvalue weighted by atomic mass is 10.1. The zero-order valence-corrected chi connectivity index (χ0v) is 26.1. The number of aliphatic carboxylic acids is 3. The Morgan fingerprint density at radius 2 is 1.44 bits per heavy atom. The smallest absolute Gasteiger partial charge is 0.481 e. The van der Waals surface area contributed by atoms with E-state index in [1.54, 1.807) is 0 Å². The van der Waals surface area contributed by atoms with E-state index < -0.39 is 65.2 Å². The Labute approximate surface area is 280 Å². The number of alkyl halides is 3. The molecule has 17 nitrogen and oxygen atoms in total. The van der Waals surface area contributed by atoms with Crippen molar-refractivity contribution in [1.82, 2.24) is 9.03 Å². The van der Waals surface area contributed by atoms with E-state index in [0.29, 0.717) is 15.6 Å². The number of aliphatic imine (C=N–C) groups is 1. The molecule has 50 heavy (non-hydrogen) atoms. The highest BCUT2D eigenvalue weighted by atomic mass is 32.2. The Balaban J connectivity index is 0.00000112. The lowest BCUT2D eigenvalue weighted by Crippen LogP contribution is -2.50. The molecular formula is C29H28F3N5O12S. The number of aromatic carboxylic acids is 1. The van der Waals surface area contributed by atoms with Gasteiger partial charge in [-0.25, -0.2) is 19.4 Å². The van der Waals surface area contributed by atoms with Gasteiger partial charge in [-0.05, 0) is 59.7 Å². The van der Waals surface area contributed by atoms with Crippen LogP contribution >= 0.6 is 0 Å². The van der Waals surface area contributed by atoms with Crippen LogP contribution in [0.1, 0.15) is 38.3 Å². The number of ether oxygens (including phenoxy) is 1. The highest BCUT2D eigenvalue weighted by molar-refractivity contribution is 7.87. The first kappa shape index (κ1) is 40.1. The summed E-state index contributed by atoms with van der Waals surface area (Å²) in [6, 6.07) is 14.8. The fourth-order valence-corrected chi connectivity index (χ4v) is 5.08. The third kappa shape index (κ3) is 12.9. The number of carboxylic acids is 4. The van der Waals surface area contributed by atoms with E-state index in [1.165, 1.54) is 66.7 Å². The molecule has 0 bridgehead atoms. The van der Waals surface area contributed by atoms with Gasteiger partial charge < -0.3 is 36.6 Å². The van der Waals surface area contributed by atoms with Crippen molar-refractivity contribution in [2.24, 2.45) is 16.5 Å². The van der Waals surface area contributed by atoms with Gasteiger partial charge in [0.1, 0.15) is 11.8 Å². The summed E-state index contributed by atoms with van der Waals surface area (Å²) in [7, 11) is -4.64. The molecule has 21 heteroatoms. The lowest BCUT2D eigenvalue weighted by Gasteiger charge is -2.27. The number of carbonyl (C=O) groups excluding carboxylic acids is 1. The first-order chi connectivity index (χ1) is 23.2. The zero-order valence-electron chi connectivity index (χ0n) is 25.3. The van der Waals surface area contributed by atoms with Crippen LogP contribution in [0.15, 0.2) is 77.8 Å². The molecule has 0 aromatic heterocycles. The third-order valence-electron chi connectivity index (χ3n) is 6.02. The normalized spacial score (nSPS) is 11.8. The van der Waals surface area contributed by atoms with Crippen molar-refractivity contribution in [3.63, 3.8) is 0 Å². The largest absolute Gasteiger partial charge is 0.490 e. The number of nitrogens with one attached hydrogen (secondary N) is 1. The van der Waals surface area contributed by atoms with Gasteiger partial charge in [0, 0.05) is 13.1 Å². The van der Waals surface area contributed by atoms with E-state index in [2.05, 4.69) is 9.71 Å². The molecule has 0 aliphatic carbocycles. The first-order valence-corrected chi connectivity index (χ1v) is 15.0. The number of rotatable bonds is 14. The van der Waals surface area contributed by atoms with Crippen LogP contribution in [-0.2, 0) is 37.7 Å². The molecule has 3 aromatic carbocycles. The molecule has 0 aliphatic rings. The Morgan fingerprint density at radius 1 is 0.860 bits per heavy atom. The van der Waals surface area contributed by atoms with Gasteiger partial charge in [-0.15, -0.1) is 0 Å². The SMILES string of the molecule is NC(N)=Nc1ccc(C(=O)Oc2ccc(CNS(=O)(=O)N(Cc3cccc(C(=O)O)c3)[C@@H](CC(=O)O)C(=O)O)cc2)cc1.O=C(O)C(F)(F)F. The second-order valence-corrected chi connectivity index (χ2v) is 11.5. The minimum absolute atomic E-state index is 0.124. The summed E-state index contributed by atoms with van der Waals surface area (Å²) in [4.78, 5) is 59.8. The number of carbonyl (C=O) groups is 5. The maximum absolute atomic E-state index is 13.3. The number of nitrogens with zero attached hydrogens (tertiary/aromatic N) is 2. The number of hydrogen-bond donors (Lipinski definition) is 7. The molecule has 0 aliphatic heterocycles. The summed E-state index contributed by atoms with van der Waals surface area (Å²) in [5, 5.41) is 35.2. The minimum Gasteiger partial charge on any atom is -0.481 e. The number of guanidine groups is 1. The molecule has 0 fully saturated rings. The monoisotopic (exact) mass is 727 g/mol. The number of nitrogens with two attached hydrogens (primary N) is 2. The van der Waals surface area contributed by atoms with Crippen LogP contribution in [-0.4, -0.2) is 81.2 Å². The first-order valence-electron chi connectivity index (χ1n) is 13.5. The predicted octanol–water partition coefficient (Wildman–Crippen LogP) is 1.91. The molecule has 0 amide bonds. The van der Waals surface area contributed by atoms with Crippen LogP contribution in [0.3, 0.4) is 0 Å². The Bertz CT molecular complexity index is 1850. The molecule has 0 spiro atoms. The molecule has 0 saturated heterocycles. The van der Waals surface area contributed by atoms with E-state index in [4.69, 9.17) is 26.1 Å². The number of esters is 1. The Morgan fingerprint density at radius 3 is 1.92 bits per heavy atom. The van der Waals surface area contributed by atoms with Gasteiger partial charge in [0.25, 0.3) is 10.2 Å². The Hall–Kier alpha value is -6.06. The van der Waals surface area contributed by atoms with Crippen molar-refractivity contribution in [1.29, 1.82) is 0 Å². The summed E-state index contributed by atoms with van der Waals surface area (Å²) in [5.74, 6) is -7.97. The quantitative estimate of drug-likeness (QED) is 0.0540. The minimum atomic E-state index is -5.08. The van der Waals surface area contributed by atoms with Crippen LogP contribution in [0.5, 0.6) is 5.75 Å².